The Hall–Kier alpha value is -1.55. The molecule has 1 aromatic carbocycles. The number of rotatable bonds is 2. The number of para-hydroxylation sites is 1. The van der Waals surface area contributed by atoms with Crippen LogP contribution in [0.15, 0.2) is 18.2 Å². The minimum Gasteiger partial charge on any atom is -0.321 e. The van der Waals surface area contributed by atoms with E-state index in [1.807, 2.05) is 36.9 Å². The largest absolute Gasteiger partial charge is 0.321 e. The van der Waals surface area contributed by atoms with Crippen LogP contribution in [0.5, 0.6) is 0 Å². The van der Waals surface area contributed by atoms with Crippen LogP contribution in [0.1, 0.15) is 30.4 Å². The zero-order valence-corrected chi connectivity index (χ0v) is 13.1. The molecule has 1 N–H and O–H groups in total. The van der Waals surface area contributed by atoms with E-state index in [-0.39, 0.29) is 6.03 Å². The van der Waals surface area contributed by atoms with Gasteiger partial charge in [-0.25, -0.2) is 4.79 Å². The lowest BCUT2D eigenvalue weighted by atomic mass is 10.0. The second-order valence-electron chi connectivity index (χ2n) is 6.35. The van der Waals surface area contributed by atoms with Gasteiger partial charge in [-0.3, -0.25) is 4.90 Å². The number of likely N-dealkylation sites (tertiary alicyclic amines) is 2. The van der Waals surface area contributed by atoms with Crippen LogP contribution in [0.2, 0.25) is 0 Å². The molecule has 0 aromatic heterocycles. The predicted molar refractivity (Wildman–Crippen MR) is 85.7 cm³/mol. The Morgan fingerprint density at radius 2 is 1.71 bits per heavy atom. The quantitative estimate of drug-likeness (QED) is 0.907. The lowest BCUT2D eigenvalue weighted by Crippen LogP contribution is -2.62. The van der Waals surface area contributed by atoms with Gasteiger partial charge in [-0.1, -0.05) is 24.6 Å². The summed E-state index contributed by atoms with van der Waals surface area (Å²) >= 11 is 0. The summed E-state index contributed by atoms with van der Waals surface area (Å²) in [5.74, 6) is 0. The van der Waals surface area contributed by atoms with Crippen LogP contribution >= 0.6 is 0 Å². The van der Waals surface area contributed by atoms with Gasteiger partial charge in [0.2, 0.25) is 0 Å². The highest BCUT2D eigenvalue weighted by atomic mass is 16.2. The number of nitrogens with one attached hydrogen (secondary N) is 1. The standard InChI is InChI=1S/C17H25N3O/c1-13-7-6-8-14(2)16(13)18-17(21)20-11-15(12-20)19-9-4-3-5-10-19/h6-8,15H,3-5,9-12H2,1-2H3,(H,18,21). The van der Waals surface area contributed by atoms with E-state index < -0.39 is 0 Å². The fourth-order valence-corrected chi connectivity index (χ4v) is 3.33. The second-order valence-corrected chi connectivity index (χ2v) is 6.35. The van der Waals surface area contributed by atoms with Gasteiger partial charge in [-0.15, -0.1) is 0 Å². The lowest BCUT2D eigenvalue weighted by molar-refractivity contribution is 0.0493. The molecule has 114 valence electrons. The summed E-state index contributed by atoms with van der Waals surface area (Å²) < 4.78 is 0. The van der Waals surface area contributed by atoms with E-state index in [0.717, 1.165) is 29.9 Å². The summed E-state index contributed by atoms with van der Waals surface area (Å²) in [7, 11) is 0. The number of amides is 2. The molecule has 21 heavy (non-hydrogen) atoms. The van der Waals surface area contributed by atoms with Gasteiger partial charge in [0, 0.05) is 24.8 Å². The minimum atomic E-state index is 0.0423. The van der Waals surface area contributed by atoms with E-state index in [2.05, 4.69) is 10.2 Å². The molecule has 3 rings (SSSR count). The smallest absolute Gasteiger partial charge is 0.321 e. The van der Waals surface area contributed by atoms with Crippen molar-refractivity contribution in [2.45, 2.75) is 39.2 Å². The van der Waals surface area contributed by atoms with Crippen LogP contribution in [0.25, 0.3) is 0 Å². The fourth-order valence-electron chi connectivity index (χ4n) is 3.33. The molecule has 2 saturated heterocycles. The molecule has 2 amide bonds. The molecule has 0 atom stereocenters. The van der Waals surface area contributed by atoms with Crippen LogP contribution in [0, 0.1) is 13.8 Å². The van der Waals surface area contributed by atoms with E-state index in [4.69, 9.17) is 0 Å². The third-order valence-corrected chi connectivity index (χ3v) is 4.77. The fraction of sp³-hybridized carbons (Fsp3) is 0.588. The van der Waals surface area contributed by atoms with Crippen LogP contribution < -0.4 is 5.32 Å². The number of piperidine rings is 1. The van der Waals surface area contributed by atoms with Gasteiger partial charge in [0.05, 0.1) is 0 Å². The molecule has 0 unspecified atom stereocenters. The zero-order valence-electron chi connectivity index (χ0n) is 13.1. The van der Waals surface area contributed by atoms with Crippen molar-refractivity contribution in [1.29, 1.82) is 0 Å². The topological polar surface area (TPSA) is 35.6 Å². The van der Waals surface area contributed by atoms with Crippen molar-refractivity contribution < 1.29 is 4.79 Å². The van der Waals surface area contributed by atoms with E-state index in [0.29, 0.717) is 6.04 Å². The summed E-state index contributed by atoms with van der Waals surface area (Å²) in [4.78, 5) is 16.8. The number of hydrogen-bond acceptors (Lipinski definition) is 2. The van der Waals surface area contributed by atoms with E-state index >= 15 is 0 Å². The van der Waals surface area contributed by atoms with Gasteiger partial charge in [-0.05, 0) is 50.9 Å². The van der Waals surface area contributed by atoms with Crippen LogP contribution in [0.3, 0.4) is 0 Å². The van der Waals surface area contributed by atoms with Crippen LogP contribution in [-0.2, 0) is 0 Å². The first kappa shape index (κ1) is 14.4. The molecule has 2 aliphatic rings. The van der Waals surface area contributed by atoms with Crippen molar-refractivity contribution in [3.63, 3.8) is 0 Å². The Morgan fingerprint density at radius 3 is 2.33 bits per heavy atom. The minimum absolute atomic E-state index is 0.0423. The first-order valence-electron chi connectivity index (χ1n) is 8.01. The maximum absolute atomic E-state index is 12.3. The van der Waals surface area contributed by atoms with E-state index in [1.54, 1.807) is 0 Å². The van der Waals surface area contributed by atoms with Crippen molar-refractivity contribution in [2.75, 3.05) is 31.5 Å². The molecule has 0 aliphatic carbocycles. The van der Waals surface area contributed by atoms with E-state index in [9.17, 15) is 4.79 Å². The number of hydrogen-bond donors (Lipinski definition) is 1. The summed E-state index contributed by atoms with van der Waals surface area (Å²) in [5.41, 5.74) is 3.21. The van der Waals surface area contributed by atoms with Crippen molar-refractivity contribution in [1.82, 2.24) is 9.80 Å². The molecule has 2 aliphatic heterocycles. The summed E-state index contributed by atoms with van der Waals surface area (Å²) in [6, 6.07) is 6.72. The molecule has 0 saturated carbocycles. The highest BCUT2D eigenvalue weighted by Crippen LogP contribution is 2.23. The number of urea groups is 1. The third kappa shape index (κ3) is 3.05. The molecular weight excluding hydrogens is 262 g/mol. The highest BCUT2D eigenvalue weighted by molar-refractivity contribution is 5.91. The Kier molecular flexibility index (Phi) is 4.15. The molecule has 2 fully saturated rings. The monoisotopic (exact) mass is 287 g/mol. The summed E-state index contributed by atoms with van der Waals surface area (Å²) in [5, 5.41) is 3.07. The lowest BCUT2D eigenvalue weighted by Gasteiger charge is -2.46. The number of aryl methyl sites for hydroxylation is 2. The van der Waals surface area contributed by atoms with Crippen molar-refractivity contribution in [3.8, 4) is 0 Å². The Balaban J connectivity index is 1.54. The van der Waals surface area contributed by atoms with Gasteiger partial charge in [-0.2, -0.15) is 0 Å². The number of benzene rings is 1. The van der Waals surface area contributed by atoms with Crippen LogP contribution in [-0.4, -0.2) is 48.1 Å². The molecule has 4 heteroatoms. The molecule has 0 spiro atoms. The van der Waals surface area contributed by atoms with Crippen molar-refractivity contribution in [2.24, 2.45) is 0 Å². The Morgan fingerprint density at radius 1 is 1.10 bits per heavy atom. The predicted octanol–water partition coefficient (Wildman–Crippen LogP) is 3.01. The average molecular weight is 287 g/mol. The molecule has 1 aromatic rings. The normalized spacial score (nSPS) is 20.2. The van der Waals surface area contributed by atoms with Gasteiger partial charge in [0.1, 0.15) is 0 Å². The van der Waals surface area contributed by atoms with Crippen LogP contribution in [0.4, 0.5) is 10.5 Å². The van der Waals surface area contributed by atoms with E-state index in [1.165, 1.54) is 32.4 Å². The number of nitrogens with zero attached hydrogens (tertiary/aromatic N) is 2. The Bertz CT molecular complexity index is 497. The number of carbonyl (C=O) groups is 1. The van der Waals surface area contributed by atoms with Gasteiger partial charge >= 0.3 is 6.03 Å². The van der Waals surface area contributed by atoms with Gasteiger partial charge in [0.15, 0.2) is 0 Å². The molecule has 4 nitrogen and oxygen atoms in total. The zero-order chi connectivity index (χ0) is 14.8. The van der Waals surface area contributed by atoms with Crippen molar-refractivity contribution >= 4 is 11.7 Å². The van der Waals surface area contributed by atoms with Gasteiger partial charge < -0.3 is 10.2 Å². The maximum atomic E-state index is 12.3. The number of carbonyl (C=O) groups excluding carboxylic acids is 1. The molecule has 2 heterocycles. The Labute approximate surface area is 127 Å². The SMILES string of the molecule is Cc1cccc(C)c1NC(=O)N1CC(N2CCCCC2)C1. The van der Waals surface area contributed by atoms with Crippen molar-refractivity contribution in [3.05, 3.63) is 29.3 Å². The molecule has 0 bridgehead atoms. The number of anilines is 1. The molecular formula is C17H25N3O. The maximum Gasteiger partial charge on any atom is 0.321 e. The average Bonchev–Trinajstić information content (AvgIpc) is 2.43. The summed E-state index contributed by atoms with van der Waals surface area (Å²) in [6.07, 6.45) is 3.98. The first-order chi connectivity index (χ1) is 10.1. The second kappa shape index (κ2) is 6.06. The highest BCUT2D eigenvalue weighted by Gasteiger charge is 2.35. The third-order valence-electron chi connectivity index (χ3n) is 4.77. The first-order valence-corrected chi connectivity index (χ1v) is 8.01. The van der Waals surface area contributed by atoms with Gasteiger partial charge in [0.25, 0.3) is 0 Å². The summed E-state index contributed by atoms with van der Waals surface area (Å²) in [6.45, 7) is 8.23. The molecule has 0 radical (unpaired) electrons.